The van der Waals surface area contributed by atoms with E-state index in [9.17, 15) is 4.79 Å². The lowest BCUT2D eigenvalue weighted by Crippen LogP contribution is -2.30. The molecule has 12 heavy (non-hydrogen) atoms. The number of hydrogen-bond acceptors (Lipinski definition) is 2. The molecule has 0 aliphatic heterocycles. The van der Waals surface area contributed by atoms with Crippen molar-refractivity contribution in [2.75, 3.05) is 6.54 Å². The van der Waals surface area contributed by atoms with Crippen LogP contribution < -0.4 is 5.73 Å². The number of carbonyl (C=O) groups is 1. The summed E-state index contributed by atoms with van der Waals surface area (Å²) in [4.78, 5) is 11.2. The van der Waals surface area contributed by atoms with Gasteiger partial charge in [-0.1, -0.05) is 19.3 Å². The normalized spacial score (nSPS) is 22.2. The molecule has 2 nitrogen and oxygen atoms in total. The third-order valence-corrected chi connectivity index (χ3v) is 2.99. The maximum Gasteiger partial charge on any atom is 0.134 e. The van der Waals surface area contributed by atoms with E-state index in [1.54, 1.807) is 6.92 Å². The molecule has 0 heterocycles. The van der Waals surface area contributed by atoms with E-state index in [-0.39, 0.29) is 11.7 Å². The fraction of sp³-hybridized carbons (Fsp3) is 0.900. The minimum atomic E-state index is 0.144. The van der Waals surface area contributed by atoms with Gasteiger partial charge in [0, 0.05) is 12.5 Å². The van der Waals surface area contributed by atoms with Crippen LogP contribution in [-0.2, 0) is 4.79 Å². The van der Waals surface area contributed by atoms with Crippen molar-refractivity contribution in [2.24, 2.45) is 17.6 Å². The van der Waals surface area contributed by atoms with Gasteiger partial charge in [-0.2, -0.15) is 0 Å². The van der Waals surface area contributed by atoms with Crippen molar-refractivity contribution in [1.82, 2.24) is 0 Å². The molecule has 0 aromatic carbocycles. The zero-order chi connectivity index (χ0) is 8.97. The van der Waals surface area contributed by atoms with Crippen molar-refractivity contribution >= 4 is 5.78 Å². The zero-order valence-corrected chi connectivity index (χ0v) is 7.88. The van der Waals surface area contributed by atoms with Crippen molar-refractivity contribution < 1.29 is 4.79 Å². The summed E-state index contributed by atoms with van der Waals surface area (Å²) < 4.78 is 0. The van der Waals surface area contributed by atoms with E-state index in [2.05, 4.69) is 0 Å². The Kier molecular flexibility index (Phi) is 3.73. The van der Waals surface area contributed by atoms with E-state index in [0.717, 1.165) is 0 Å². The van der Waals surface area contributed by atoms with Crippen LogP contribution in [0, 0.1) is 11.8 Å². The first-order valence-corrected chi connectivity index (χ1v) is 4.96. The highest BCUT2D eigenvalue weighted by molar-refractivity contribution is 5.78. The van der Waals surface area contributed by atoms with E-state index < -0.39 is 0 Å². The number of carbonyl (C=O) groups excluding carboxylic acids is 1. The fourth-order valence-corrected chi connectivity index (χ4v) is 2.23. The van der Waals surface area contributed by atoms with Crippen LogP contribution in [-0.4, -0.2) is 12.3 Å². The SMILES string of the molecule is CC(=O)C(CN)C1CCCCC1. The van der Waals surface area contributed by atoms with Crippen molar-refractivity contribution in [1.29, 1.82) is 0 Å². The first-order valence-electron chi connectivity index (χ1n) is 4.96. The molecule has 2 heteroatoms. The summed E-state index contributed by atoms with van der Waals surface area (Å²) in [6, 6.07) is 0. The molecule has 0 bridgehead atoms. The molecule has 0 radical (unpaired) electrons. The van der Waals surface area contributed by atoms with Gasteiger partial charge in [0.2, 0.25) is 0 Å². The van der Waals surface area contributed by atoms with Crippen molar-refractivity contribution in [3.63, 3.8) is 0 Å². The molecule has 1 aliphatic rings. The number of ketones is 1. The molecule has 1 atom stereocenters. The summed E-state index contributed by atoms with van der Waals surface area (Å²) in [6.07, 6.45) is 6.33. The largest absolute Gasteiger partial charge is 0.330 e. The maximum atomic E-state index is 11.2. The predicted molar refractivity (Wildman–Crippen MR) is 49.8 cm³/mol. The molecule has 1 rings (SSSR count). The molecule has 1 fully saturated rings. The molecule has 1 saturated carbocycles. The third kappa shape index (κ3) is 2.31. The van der Waals surface area contributed by atoms with Crippen LogP contribution in [0.2, 0.25) is 0 Å². The molecule has 0 spiro atoms. The first kappa shape index (κ1) is 9.72. The van der Waals surface area contributed by atoms with E-state index >= 15 is 0 Å². The first-order chi connectivity index (χ1) is 5.75. The fourth-order valence-electron chi connectivity index (χ4n) is 2.23. The second-order valence-corrected chi connectivity index (χ2v) is 3.85. The smallest absolute Gasteiger partial charge is 0.134 e. The summed E-state index contributed by atoms with van der Waals surface area (Å²) in [5.41, 5.74) is 5.58. The molecule has 0 aromatic rings. The molecule has 70 valence electrons. The predicted octanol–water partition coefficient (Wildman–Crippen LogP) is 1.73. The molecule has 0 saturated heterocycles. The Hall–Kier alpha value is -0.370. The van der Waals surface area contributed by atoms with E-state index in [0.29, 0.717) is 12.5 Å². The molecule has 0 amide bonds. The van der Waals surface area contributed by atoms with Crippen molar-refractivity contribution in [3.05, 3.63) is 0 Å². The Morgan fingerprint density at radius 2 is 2.00 bits per heavy atom. The van der Waals surface area contributed by atoms with Crippen LogP contribution in [0.1, 0.15) is 39.0 Å². The van der Waals surface area contributed by atoms with Crippen LogP contribution in [0.3, 0.4) is 0 Å². The lowest BCUT2D eigenvalue weighted by Gasteiger charge is -2.27. The van der Waals surface area contributed by atoms with E-state index in [1.165, 1.54) is 32.1 Å². The molecular formula is C10H19NO. The van der Waals surface area contributed by atoms with Gasteiger partial charge >= 0.3 is 0 Å². The summed E-state index contributed by atoms with van der Waals surface area (Å²) in [5.74, 6) is 1.01. The van der Waals surface area contributed by atoms with Crippen molar-refractivity contribution in [2.45, 2.75) is 39.0 Å². The second-order valence-electron chi connectivity index (χ2n) is 3.85. The number of Topliss-reactive ketones (excluding diaryl/α,β-unsaturated/α-hetero) is 1. The summed E-state index contributed by atoms with van der Waals surface area (Å²) in [6.45, 7) is 2.21. The Balaban J connectivity index is 2.46. The third-order valence-electron chi connectivity index (χ3n) is 2.99. The lowest BCUT2D eigenvalue weighted by atomic mass is 9.78. The molecule has 1 unspecified atom stereocenters. The summed E-state index contributed by atoms with van der Waals surface area (Å²) in [5, 5.41) is 0. The Morgan fingerprint density at radius 1 is 1.42 bits per heavy atom. The van der Waals surface area contributed by atoms with Gasteiger partial charge in [-0.3, -0.25) is 4.79 Å². The van der Waals surface area contributed by atoms with Crippen LogP contribution in [0.15, 0.2) is 0 Å². The second kappa shape index (κ2) is 4.61. The number of rotatable bonds is 3. The highest BCUT2D eigenvalue weighted by atomic mass is 16.1. The molecule has 0 aromatic heterocycles. The molecule has 1 aliphatic carbocycles. The van der Waals surface area contributed by atoms with Gasteiger partial charge in [-0.25, -0.2) is 0 Å². The topological polar surface area (TPSA) is 43.1 Å². The van der Waals surface area contributed by atoms with Crippen LogP contribution >= 0.6 is 0 Å². The van der Waals surface area contributed by atoms with Crippen molar-refractivity contribution in [3.8, 4) is 0 Å². The zero-order valence-electron chi connectivity index (χ0n) is 7.88. The minimum Gasteiger partial charge on any atom is -0.330 e. The van der Waals surface area contributed by atoms with E-state index in [1.807, 2.05) is 0 Å². The van der Waals surface area contributed by atoms with E-state index in [4.69, 9.17) is 5.73 Å². The molecular weight excluding hydrogens is 150 g/mol. The quantitative estimate of drug-likeness (QED) is 0.699. The van der Waals surface area contributed by atoms with Gasteiger partial charge < -0.3 is 5.73 Å². The standard InChI is InChI=1S/C10H19NO/c1-8(12)10(7-11)9-5-3-2-4-6-9/h9-10H,2-7,11H2,1H3. The minimum absolute atomic E-state index is 0.144. The van der Waals surface area contributed by atoms with Gasteiger partial charge in [0.1, 0.15) is 5.78 Å². The summed E-state index contributed by atoms with van der Waals surface area (Å²) >= 11 is 0. The summed E-state index contributed by atoms with van der Waals surface area (Å²) in [7, 11) is 0. The lowest BCUT2D eigenvalue weighted by molar-refractivity contribution is -0.122. The van der Waals surface area contributed by atoms with Crippen LogP contribution in [0.4, 0.5) is 0 Å². The van der Waals surface area contributed by atoms with Gasteiger partial charge in [0.15, 0.2) is 0 Å². The number of nitrogens with two attached hydrogens (primary N) is 1. The van der Waals surface area contributed by atoms with Crippen LogP contribution in [0.25, 0.3) is 0 Å². The highest BCUT2D eigenvalue weighted by Crippen LogP contribution is 2.29. The average molecular weight is 169 g/mol. The Bertz CT molecular complexity index is 150. The Morgan fingerprint density at radius 3 is 2.42 bits per heavy atom. The maximum absolute atomic E-state index is 11.2. The number of hydrogen-bond donors (Lipinski definition) is 1. The van der Waals surface area contributed by atoms with Gasteiger partial charge in [0.05, 0.1) is 0 Å². The van der Waals surface area contributed by atoms with Gasteiger partial charge in [0.25, 0.3) is 0 Å². The highest BCUT2D eigenvalue weighted by Gasteiger charge is 2.25. The van der Waals surface area contributed by atoms with Gasteiger partial charge in [-0.15, -0.1) is 0 Å². The average Bonchev–Trinajstić information content (AvgIpc) is 2.07. The monoisotopic (exact) mass is 169 g/mol. The Labute approximate surface area is 74.5 Å². The molecule has 2 N–H and O–H groups in total. The van der Waals surface area contributed by atoms with Gasteiger partial charge in [-0.05, 0) is 25.7 Å². The van der Waals surface area contributed by atoms with Crippen LogP contribution in [0.5, 0.6) is 0 Å².